The lowest BCUT2D eigenvalue weighted by Gasteiger charge is -2.40. The zero-order chi connectivity index (χ0) is 17.8. The number of aromatic nitrogens is 3. The zero-order valence-electron chi connectivity index (χ0n) is 15.3. The molecule has 1 amide bonds. The van der Waals surface area contributed by atoms with Gasteiger partial charge in [0.25, 0.3) is 0 Å². The van der Waals surface area contributed by atoms with Gasteiger partial charge in [-0.15, -0.1) is 0 Å². The van der Waals surface area contributed by atoms with E-state index in [0.29, 0.717) is 18.4 Å². The van der Waals surface area contributed by atoms with E-state index in [9.17, 15) is 4.79 Å². The third-order valence-electron chi connectivity index (χ3n) is 5.18. The highest BCUT2D eigenvalue weighted by Gasteiger charge is 2.33. The van der Waals surface area contributed by atoms with Crippen molar-refractivity contribution >= 4 is 5.91 Å². The van der Waals surface area contributed by atoms with Crippen LogP contribution in [0.4, 0.5) is 0 Å². The summed E-state index contributed by atoms with van der Waals surface area (Å²) < 4.78 is 1.96. The Morgan fingerprint density at radius 1 is 1.32 bits per heavy atom. The molecule has 134 valence electrons. The van der Waals surface area contributed by atoms with Crippen LogP contribution in [-0.4, -0.2) is 57.7 Å². The average molecular weight is 341 g/mol. The van der Waals surface area contributed by atoms with E-state index in [-0.39, 0.29) is 5.91 Å². The van der Waals surface area contributed by atoms with E-state index < -0.39 is 0 Å². The number of piperidine rings is 1. The Hall–Kier alpha value is -2.21. The number of likely N-dealkylation sites (N-methyl/N-ethyl adjacent to an activating group) is 1. The Kier molecular flexibility index (Phi) is 5.48. The van der Waals surface area contributed by atoms with E-state index in [1.54, 1.807) is 12.4 Å². The molecule has 0 saturated carbocycles. The van der Waals surface area contributed by atoms with Gasteiger partial charge in [0.15, 0.2) is 0 Å². The first-order valence-electron chi connectivity index (χ1n) is 8.87. The molecule has 2 aromatic rings. The summed E-state index contributed by atoms with van der Waals surface area (Å²) in [5, 5.41) is 4.33. The molecule has 0 aliphatic carbocycles. The van der Waals surface area contributed by atoms with Crippen LogP contribution in [0.5, 0.6) is 0 Å². The Labute approximate surface area is 149 Å². The quantitative estimate of drug-likeness (QED) is 0.833. The van der Waals surface area contributed by atoms with Crippen LogP contribution >= 0.6 is 0 Å². The van der Waals surface area contributed by atoms with Gasteiger partial charge < -0.3 is 4.90 Å². The van der Waals surface area contributed by atoms with E-state index in [4.69, 9.17) is 0 Å². The van der Waals surface area contributed by atoms with Gasteiger partial charge >= 0.3 is 0 Å². The smallest absolute Gasteiger partial charge is 0.226 e. The highest BCUT2D eigenvalue weighted by molar-refractivity contribution is 5.78. The second-order valence-electron chi connectivity index (χ2n) is 7.02. The van der Waals surface area contributed by atoms with Crippen LogP contribution in [0.2, 0.25) is 0 Å². The van der Waals surface area contributed by atoms with Crippen molar-refractivity contribution in [3.8, 4) is 0 Å². The van der Waals surface area contributed by atoms with Crippen LogP contribution in [0, 0.1) is 5.92 Å². The molecule has 25 heavy (non-hydrogen) atoms. The Bertz CT molecular complexity index is 699. The molecule has 1 aliphatic rings. The summed E-state index contributed by atoms with van der Waals surface area (Å²) in [6, 6.07) is 6.22. The minimum absolute atomic E-state index is 0.144. The first-order valence-corrected chi connectivity index (χ1v) is 8.87. The van der Waals surface area contributed by atoms with Crippen molar-refractivity contribution in [3.05, 3.63) is 48.0 Å². The van der Waals surface area contributed by atoms with Gasteiger partial charge in [0.05, 0.1) is 18.2 Å². The maximum Gasteiger partial charge on any atom is 0.226 e. The number of hydrogen-bond donors (Lipinski definition) is 0. The van der Waals surface area contributed by atoms with Crippen molar-refractivity contribution in [3.63, 3.8) is 0 Å². The molecule has 1 saturated heterocycles. The van der Waals surface area contributed by atoms with Crippen LogP contribution in [0.1, 0.15) is 30.1 Å². The number of carbonyl (C=O) groups is 1. The van der Waals surface area contributed by atoms with E-state index in [0.717, 1.165) is 25.1 Å². The predicted octanol–water partition coefficient (Wildman–Crippen LogP) is 1.90. The zero-order valence-corrected chi connectivity index (χ0v) is 15.3. The van der Waals surface area contributed by atoms with Gasteiger partial charge in [-0.25, -0.2) is 0 Å². The van der Waals surface area contributed by atoms with Gasteiger partial charge in [0.1, 0.15) is 0 Å². The molecule has 0 spiro atoms. The number of nitrogens with zero attached hydrogens (tertiary/aromatic N) is 5. The molecular weight excluding hydrogens is 314 g/mol. The Balaban J connectivity index is 1.69. The fourth-order valence-corrected chi connectivity index (χ4v) is 3.86. The summed E-state index contributed by atoms with van der Waals surface area (Å²) in [5.74, 6) is 0.557. The summed E-state index contributed by atoms with van der Waals surface area (Å²) in [6.07, 6.45) is 8.05. The van der Waals surface area contributed by atoms with E-state index in [1.165, 1.54) is 12.1 Å². The third-order valence-corrected chi connectivity index (χ3v) is 5.18. The summed E-state index contributed by atoms with van der Waals surface area (Å²) >= 11 is 0. The lowest BCUT2D eigenvalue weighted by atomic mass is 9.87. The number of aryl methyl sites for hydroxylation is 1. The fourth-order valence-electron chi connectivity index (χ4n) is 3.86. The molecule has 1 aliphatic heterocycles. The summed E-state index contributed by atoms with van der Waals surface area (Å²) in [7, 11) is 6.07. The van der Waals surface area contributed by atoms with E-state index in [2.05, 4.69) is 28.1 Å². The highest BCUT2D eigenvalue weighted by atomic mass is 16.2. The van der Waals surface area contributed by atoms with Crippen LogP contribution in [0.25, 0.3) is 0 Å². The predicted molar refractivity (Wildman–Crippen MR) is 96.9 cm³/mol. The molecule has 0 N–H and O–H groups in total. The number of pyridine rings is 1. The minimum Gasteiger partial charge on any atom is -0.345 e. The van der Waals surface area contributed by atoms with E-state index >= 15 is 0 Å². The van der Waals surface area contributed by atoms with Crippen molar-refractivity contribution in [2.24, 2.45) is 13.0 Å². The summed E-state index contributed by atoms with van der Waals surface area (Å²) in [4.78, 5) is 21.0. The molecule has 3 heterocycles. The molecule has 3 rings (SSSR count). The minimum atomic E-state index is 0.144. The average Bonchev–Trinajstić information content (AvgIpc) is 3.01. The van der Waals surface area contributed by atoms with Gasteiger partial charge in [-0.1, -0.05) is 6.07 Å². The molecule has 0 aromatic carbocycles. The molecule has 2 aromatic heterocycles. The van der Waals surface area contributed by atoms with Gasteiger partial charge in [-0.2, -0.15) is 5.10 Å². The summed E-state index contributed by atoms with van der Waals surface area (Å²) in [5.41, 5.74) is 2.18. The topological polar surface area (TPSA) is 54.3 Å². The van der Waals surface area contributed by atoms with E-state index in [1.807, 2.05) is 42.0 Å². The summed E-state index contributed by atoms with van der Waals surface area (Å²) in [6.45, 7) is 1.85. The Morgan fingerprint density at radius 2 is 2.16 bits per heavy atom. The normalized spacial score (nSPS) is 21.2. The first kappa shape index (κ1) is 17.6. The van der Waals surface area contributed by atoms with Gasteiger partial charge in [0, 0.05) is 39.2 Å². The lowest BCUT2D eigenvalue weighted by Crippen LogP contribution is -2.43. The van der Waals surface area contributed by atoms with Crippen molar-refractivity contribution in [1.29, 1.82) is 0 Å². The van der Waals surface area contributed by atoms with Crippen molar-refractivity contribution in [2.75, 3.05) is 27.2 Å². The Morgan fingerprint density at radius 3 is 2.84 bits per heavy atom. The van der Waals surface area contributed by atoms with Crippen molar-refractivity contribution in [2.45, 2.75) is 25.3 Å². The van der Waals surface area contributed by atoms with Crippen molar-refractivity contribution < 1.29 is 4.79 Å². The van der Waals surface area contributed by atoms with Gasteiger partial charge in [-0.05, 0) is 50.0 Å². The van der Waals surface area contributed by atoms with Crippen LogP contribution in [-0.2, 0) is 18.3 Å². The lowest BCUT2D eigenvalue weighted by molar-refractivity contribution is -0.130. The number of likely N-dealkylation sites (tertiary alicyclic amines) is 1. The highest BCUT2D eigenvalue weighted by Crippen LogP contribution is 2.35. The second kappa shape index (κ2) is 7.78. The second-order valence-corrected chi connectivity index (χ2v) is 7.02. The standard InChI is InChI=1S/C19H27N5O/c1-22-11-5-7-16(19(22)17-8-10-21-24(17)3)14-23(2)18(25)12-15-6-4-9-20-13-15/h4,6,8-10,13,16,19H,5,7,11-12,14H2,1-3H3/t16-,19+/m0/s1. The first-order chi connectivity index (χ1) is 12.1. The molecule has 6 nitrogen and oxygen atoms in total. The van der Waals surface area contributed by atoms with Crippen LogP contribution in [0.15, 0.2) is 36.8 Å². The number of carbonyl (C=O) groups excluding carboxylic acids is 1. The largest absolute Gasteiger partial charge is 0.345 e. The SMILES string of the molecule is CN(C[C@@H]1CCCN(C)[C@H]1c1ccnn1C)C(=O)Cc1cccnc1. The van der Waals surface area contributed by atoms with Crippen LogP contribution < -0.4 is 0 Å². The van der Waals surface area contributed by atoms with Gasteiger partial charge in [-0.3, -0.25) is 19.4 Å². The van der Waals surface area contributed by atoms with Gasteiger partial charge in [0.2, 0.25) is 5.91 Å². The third kappa shape index (κ3) is 4.07. The number of hydrogen-bond acceptors (Lipinski definition) is 4. The number of amides is 1. The molecule has 0 bridgehead atoms. The maximum atomic E-state index is 12.6. The maximum absolute atomic E-state index is 12.6. The van der Waals surface area contributed by atoms with Crippen LogP contribution in [0.3, 0.4) is 0 Å². The molecule has 6 heteroatoms. The number of rotatable bonds is 5. The molecule has 2 atom stereocenters. The molecule has 0 radical (unpaired) electrons. The fraction of sp³-hybridized carbons (Fsp3) is 0.526. The monoisotopic (exact) mass is 341 g/mol. The molecule has 1 fully saturated rings. The van der Waals surface area contributed by atoms with Crippen molar-refractivity contribution in [1.82, 2.24) is 24.6 Å². The molecule has 0 unspecified atom stereocenters. The molecular formula is C19H27N5O.